The van der Waals surface area contributed by atoms with Gasteiger partial charge in [-0.1, -0.05) is 6.08 Å². The molecule has 243 valence electrons. The zero-order chi connectivity index (χ0) is 32.0. The molecular formula is C22H30N6NaO14P2. The van der Waals surface area contributed by atoms with E-state index >= 15 is 0 Å². The topological polar surface area (TPSA) is 292 Å². The van der Waals surface area contributed by atoms with Crippen molar-refractivity contribution in [3.8, 4) is 0 Å². The summed E-state index contributed by atoms with van der Waals surface area (Å²) in [5, 5.41) is 41.7. The Morgan fingerprint density at radius 1 is 0.978 bits per heavy atom. The van der Waals surface area contributed by atoms with E-state index in [1.807, 2.05) is 0 Å². The predicted octanol–water partition coefficient (Wildman–Crippen LogP) is -1.96. The number of ketones is 1. The average Bonchev–Trinajstić information content (AvgIpc) is 3.61. The molecule has 5 heterocycles. The molecule has 3 aliphatic heterocycles. The number of ether oxygens (including phenoxy) is 2. The van der Waals surface area contributed by atoms with Crippen molar-refractivity contribution in [1.82, 2.24) is 24.4 Å². The molecule has 45 heavy (non-hydrogen) atoms. The molecule has 2 fully saturated rings. The van der Waals surface area contributed by atoms with Gasteiger partial charge in [0.2, 0.25) is 0 Å². The zero-order valence-electron chi connectivity index (χ0n) is 23.8. The smallest absolute Gasteiger partial charge is 0.387 e. The van der Waals surface area contributed by atoms with E-state index in [2.05, 4.69) is 19.3 Å². The molecule has 1 radical (unpaired) electrons. The summed E-state index contributed by atoms with van der Waals surface area (Å²) in [5.41, 5.74) is 6.54. The Bertz CT molecular complexity index is 1560. The Kier molecular flexibility index (Phi) is 11.4. The van der Waals surface area contributed by atoms with E-state index in [1.165, 1.54) is 35.1 Å². The molecule has 3 aliphatic rings. The minimum absolute atomic E-state index is 0. The summed E-state index contributed by atoms with van der Waals surface area (Å²) in [6.45, 7) is -0.389. The molecule has 10 atom stereocenters. The van der Waals surface area contributed by atoms with Crippen molar-refractivity contribution in [2.75, 3.05) is 18.9 Å². The van der Waals surface area contributed by atoms with Gasteiger partial charge in [-0.05, 0) is 13.3 Å². The number of rotatable bonds is 11. The van der Waals surface area contributed by atoms with Crippen LogP contribution in [0.1, 0.15) is 19.6 Å². The third kappa shape index (κ3) is 7.90. The molecule has 0 bridgehead atoms. The average molecular weight is 687 g/mol. The van der Waals surface area contributed by atoms with Crippen LogP contribution in [0.2, 0.25) is 0 Å². The Labute approximate surface area is 276 Å². The molecule has 2 unspecified atom stereocenters. The second-order valence-electron chi connectivity index (χ2n) is 10.0. The first-order chi connectivity index (χ1) is 20.7. The SMILES string of the molecule is CC(=O)C1=CN([C@@H]2O[C@H](COP(=O)(O)OP(=O)(O)OC[C@H]3O[C@@H](n4cnc5c(N)ncnc54)[C@H](O)[C@@H]3O)[C@@H](O)[C@H]2O)C=CC1.[Na]. The van der Waals surface area contributed by atoms with Gasteiger partial charge in [0, 0.05) is 47.5 Å². The van der Waals surface area contributed by atoms with Gasteiger partial charge >= 0.3 is 15.6 Å². The Morgan fingerprint density at radius 3 is 2.16 bits per heavy atom. The molecule has 0 saturated carbocycles. The van der Waals surface area contributed by atoms with Crippen molar-refractivity contribution >= 4 is 68.0 Å². The van der Waals surface area contributed by atoms with Gasteiger partial charge < -0.3 is 50.3 Å². The summed E-state index contributed by atoms with van der Waals surface area (Å²) < 4.78 is 50.9. The van der Waals surface area contributed by atoms with Crippen LogP contribution in [0.15, 0.2) is 36.7 Å². The van der Waals surface area contributed by atoms with E-state index in [4.69, 9.17) is 24.3 Å². The third-order valence-corrected chi connectivity index (χ3v) is 9.61. The number of nitrogens with zero attached hydrogens (tertiary/aromatic N) is 5. The van der Waals surface area contributed by atoms with Crippen molar-refractivity contribution in [3.05, 3.63) is 36.7 Å². The number of aromatic nitrogens is 4. The molecule has 2 aromatic heterocycles. The first-order valence-corrected chi connectivity index (χ1v) is 15.9. The molecular weight excluding hydrogens is 657 g/mol. The summed E-state index contributed by atoms with van der Waals surface area (Å²) >= 11 is 0. The Hall–Kier alpha value is -1.68. The number of allylic oxidation sites excluding steroid dienone is 2. The normalized spacial score (nSPS) is 32.6. The van der Waals surface area contributed by atoms with Gasteiger partial charge in [-0.2, -0.15) is 4.31 Å². The number of anilines is 1. The van der Waals surface area contributed by atoms with E-state index < -0.39 is 77.9 Å². The number of hydrogen-bond acceptors (Lipinski definition) is 17. The number of aliphatic hydroxyl groups is 4. The molecule has 20 nitrogen and oxygen atoms in total. The van der Waals surface area contributed by atoms with E-state index in [1.54, 1.807) is 6.08 Å². The summed E-state index contributed by atoms with van der Waals surface area (Å²) in [4.78, 5) is 45.0. The second-order valence-corrected chi connectivity index (χ2v) is 13.1. The summed E-state index contributed by atoms with van der Waals surface area (Å²) in [7, 11) is -10.7. The van der Waals surface area contributed by atoms with Gasteiger partial charge in [-0.25, -0.2) is 24.1 Å². The molecule has 0 aromatic carbocycles. The van der Waals surface area contributed by atoms with Gasteiger partial charge in [0.15, 0.2) is 29.7 Å². The Morgan fingerprint density at radius 2 is 1.56 bits per heavy atom. The van der Waals surface area contributed by atoms with Crippen LogP contribution in [-0.4, -0.2) is 146 Å². The van der Waals surface area contributed by atoms with Crippen molar-refractivity contribution in [2.45, 2.75) is 62.4 Å². The molecule has 2 saturated heterocycles. The maximum atomic E-state index is 12.4. The summed E-state index contributed by atoms with van der Waals surface area (Å²) in [5.74, 6) is -0.154. The number of nitrogen functional groups attached to an aromatic ring is 1. The fraction of sp³-hybridized carbons (Fsp3) is 0.545. The van der Waals surface area contributed by atoms with Crippen LogP contribution in [0.5, 0.6) is 0 Å². The van der Waals surface area contributed by atoms with Gasteiger partial charge in [0.05, 0.1) is 19.5 Å². The standard InChI is InChI=1S/C22H30N6O14P2.Na/c1-10(29)11-3-2-4-27(5-11)21-17(32)15(30)12(40-21)6-38-43(34,35)42-44(36,37)39-7-13-16(31)18(33)22(41-13)28-9-26-14-19(23)24-8-25-20(14)28;/h2,4-5,8-9,12-13,15-18,21-22,30-33H,3,6-7H2,1H3,(H,34,35)(H,36,37)(H2,23,24,25);/t12-,13-,15-,16-,17-,18-,21-,22-;/m1./s1. The third-order valence-electron chi connectivity index (χ3n) is 7.01. The molecule has 0 amide bonds. The van der Waals surface area contributed by atoms with Gasteiger partial charge in [0.1, 0.15) is 48.5 Å². The van der Waals surface area contributed by atoms with Gasteiger partial charge in [0.25, 0.3) is 0 Å². The minimum atomic E-state index is -5.35. The summed E-state index contributed by atoms with van der Waals surface area (Å²) in [6.07, 6.45) is -4.30. The maximum absolute atomic E-state index is 12.4. The van der Waals surface area contributed by atoms with Crippen molar-refractivity contribution < 1.29 is 67.0 Å². The first-order valence-electron chi connectivity index (χ1n) is 13.0. The van der Waals surface area contributed by atoms with Crippen molar-refractivity contribution in [3.63, 3.8) is 0 Å². The Balaban J connectivity index is 0.00000461. The largest absolute Gasteiger partial charge is 0.481 e. The number of phosphoric ester groups is 2. The molecule has 0 aliphatic carbocycles. The number of fused-ring (bicyclic) bond motifs is 1. The van der Waals surface area contributed by atoms with Crippen LogP contribution in [0.25, 0.3) is 11.2 Å². The fourth-order valence-corrected chi connectivity index (χ4v) is 6.84. The number of aliphatic hydroxyl groups excluding tert-OH is 4. The van der Waals surface area contributed by atoms with Gasteiger partial charge in [-0.3, -0.25) is 18.4 Å². The van der Waals surface area contributed by atoms with Crippen LogP contribution in [0.4, 0.5) is 5.82 Å². The molecule has 23 heteroatoms. The monoisotopic (exact) mass is 687 g/mol. The quantitative estimate of drug-likeness (QED) is 0.0996. The number of carbonyl (C=O) groups excluding carboxylic acids is 1. The predicted molar refractivity (Wildman–Crippen MR) is 149 cm³/mol. The summed E-state index contributed by atoms with van der Waals surface area (Å²) in [6, 6.07) is 0. The van der Waals surface area contributed by atoms with Crippen LogP contribution >= 0.6 is 15.6 Å². The first kappa shape index (κ1) is 36.2. The minimum Gasteiger partial charge on any atom is -0.387 e. The van der Waals surface area contributed by atoms with Crippen molar-refractivity contribution in [2.24, 2.45) is 0 Å². The molecule has 5 rings (SSSR count). The number of hydrogen-bond donors (Lipinski definition) is 7. The number of carbonyl (C=O) groups is 1. The second kappa shape index (κ2) is 14.2. The molecule has 8 N–H and O–H groups in total. The van der Waals surface area contributed by atoms with Gasteiger partial charge in [-0.15, -0.1) is 0 Å². The fourth-order valence-electron chi connectivity index (χ4n) is 4.75. The van der Waals surface area contributed by atoms with E-state index in [-0.39, 0.29) is 52.3 Å². The number of nitrogens with two attached hydrogens (primary N) is 1. The van der Waals surface area contributed by atoms with E-state index in [0.717, 1.165) is 6.33 Å². The number of phosphoric acid groups is 2. The maximum Gasteiger partial charge on any atom is 0.481 e. The van der Waals surface area contributed by atoms with Crippen molar-refractivity contribution in [1.29, 1.82) is 0 Å². The van der Waals surface area contributed by atoms with Crippen LogP contribution in [-0.2, 0) is 36.8 Å². The molecule has 0 spiro atoms. The zero-order valence-corrected chi connectivity index (χ0v) is 27.6. The van der Waals surface area contributed by atoms with Crippen LogP contribution < -0.4 is 5.73 Å². The van der Waals surface area contributed by atoms with Crippen LogP contribution in [0, 0.1) is 0 Å². The van der Waals surface area contributed by atoms with E-state index in [0.29, 0.717) is 12.0 Å². The van der Waals surface area contributed by atoms with Crippen LogP contribution in [0.3, 0.4) is 0 Å². The number of imidazole rings is 1. The molecule has 2 aromatic rings. The number of Topliss-reactive ketones (excluding diaryl/α,β-unsaturated/α-hetero) is 1. The van der Waals surface area contributed by atoms with E-state index in [9.17, 15) is 44.1 Å².